The molecule has 0 aromatic heterocycles. The zero-order chi connectivity index (χ0) is 20.3. The molecule has 146 valence electrons. The Kier molecular flexibility index (Phi) is 5.27. The van der Waals surface area contributed by atoms with E-state index in [0.29, 0.717) is 12.4 Å². The normalized spacial score (nSPS) is 17.3. The van der Waals surface area contributed by atoms with E-state index in [9.17, 15) is 8.42 Å². The number of hydrazone groups is 1. The van der Waals surface area contributed by atoms with Gasteiger partial charge in [-0.3, -0.25) is 0 Å². The molecule has 0 radical (unpaired) electrons. The molecule has 0 aliphatic carbocycles. The number of rotatable bonds is 4. The molecule has 0 amide bonds. The summed E-state index contributed by atoms with van der Waals surface area (Å²) in [4.78, 5) is 0.172. The van der Waals surface area contributed by atoms with Crippen LogP contribution in [-0.2, 0) is 10.0 Å². The van der Waals surface area contributed by atoms with Crippen molar-refractivity contribution in [1.29, 1.82) is 0 Å². The molecule has 0 N–H and O–H groups in total. The van der Waals surface area contributed by atoms with Crippen LogP contribution in [0, 0.1) is 0 Å². The standard InChI is InChI=1S/C23H21N3O2S/c1-18(25-29(27,28)21-15-9-4-10-16-21)26-17-22(19-11-5-2-6-12-19)23(24-26)20-13-7-3-8-14-20/h2-16,22H,17H2,1H3/b25-18+. The number of sulfonamides is 1. The first-order chi connectivity index (χ1) is 14.0. The van der Waals surface area contributed by atoms with E-state index in [2.05, 4.69) is 16.5 Å². The highest BCUT2D eigenvalue weighted by Gasteiger charge is 2.30. The van der Waals surface area contributed by atoms with Crippen molar-refractivity contribution in [3.8, 4) is 0 Å². The second-order valence-electron chi connectivity index (χ2n) is 6.82. The Balaban J connectivity index is 1.70. The molecule has 1 aliphatic rings. The minimum absolute atomic E-state index is 0.0307. The van der Waals surface area contributed by atoms with Crippen molar-refractivity contribution in [3.05, 3.63) is 102 Å². The van der Waals surface area contributed by atoms with E-state index >= 15 is 0 Å². The van der Waals surface area contributed by atoms with E-state index in [4.69, 9.17) is 5.10 Å². The fourth-order valence-electron chi connectivity index (χ4n) is 3.39. The van der Waals surface area contributed by atoms with Crippen LogP contribution in [0.2, 0.25) is 0 Å². The Labute approximate surface area is 171 Å². The van der Waals surface area contributed by atoms with Gasteiger partial charge in [-0.1, -0.05) is 78.9 Å². The van der Waals surface area contributed by atoms with Gasteiger partial charge in [-0.15, -0.1) is 4.40 Å². The first-order valence-corrected chi connectivity index (χ1v) is 10.8. The summed E-state index contributed by atoms with van der Waals surface area (Å²) in [6.07, 6.45) is 0. The lowest BCUT2D eigenvalue weighted by Crippen LogP contribution is -2.24. The third-order valence-corrected chi connectivity index (χ3v) is 6.22. The molecule has 4 rings (SSSR count). The minimum atomic E-state index is -3.78. The summed E-state index contributed by atoms with van der Waals surface area (Å²) < 4.78 is 29.3. The first kappa shape index (κ1) is 19.1. The van der Waals surface area contributed by atoms with Crippen LogP contribution in [0.1, 0.15) is 24.0 Å². The van der Waals surface area contributed by atoms with Crippen molar-refractivity contribution in [3.63, 3.8) is 0 Å². The summed E-state index contributed by atoms with van der Waals surface area (Å²) in [7, 11) is -3.78. The highest BCUT2D eigenvalue weighted by Crippen LogP contribution is 2.29. The van der Waals surface area contributed by atoms with Gasteiger partial charge in [0.25, 0.3) is 10.0 Å². The Morgan fingerprint density at radius 2 is 1.45 bits per heavy atom. The van der Waals surface area contributed by atoms with Crippen LogP contribution in [0.4, 0.5) is 0 Å². The maximum absolute atomic E-state index is 12.6. The molecule has 1 unspecified atom stereocenters. The van der Waals surface area contributed by atoms with E-state index in [1.165, 1.54) is 0 Å². The number of amidine groups is 1. The Hall–Kier alpha value is -3.25. The molecule has 0 bridgehead atoms. The molecule has 0 spiro atoms. The molecule has 1 atom stereocenters. The van der Waals surface area contributed by atoms with Crippen LogP contribution in [-0.4, -0.2) is 31.5 Å². The van der Waals surface area contributed by atoms with E-state index in [0.717, 1.165) is 16.8 Å². The van der Waals surface area contributed by atoms with Gasteiger partial charge in [-0.05, 0) is 30.2 Å². The SMILES string of the molecule is C/C(=N\S(=O)(=O)c1ccccc1)N1CC(c2ccccc2)C(c2ccccc2)=N1. The predicted octanol–water partition coefficient (Wildman–Crippen LogP) is 4.30. The summed E-state index contributed by atoms with van der Waals surface area (Å²) >= 11 is 0. The molecule has 1 aliphatic heterocycles. The topological polar surface area (TPSA) is 62.1 Å². The Bertz CT molecular complexity index is 1140. The Morgan fingerprint density at radius 3 is 2.07 bits per heavy atom. The molecule has 1 heterocycles. The van der Waals surface area contributed by atoms with Crippen molar-refractivity contribution >= 4 is 21.6 Å². The lowest BCUT2D eigenvalue weighted by Gasteiger charge is -2.16. The lowest BCUT2D eigenvalue weighted by molar-refractivity contribution is 0.472. The molecule has 5 nitrogen and oxygen atoms in total. The molecular formula is C23H21N3O2S. The van der Waals surface area contributed by atoms with E-state index in [-0.39, 0.29) is 10.8 Å². The zero-order valence-electron chi connectivity index (χ0n) is 16.0. The van der Waals surface area contributed by atoms with Gasteiger partial charge in [-0.25, -0.2) is 5.01 Å². The molecule has 3 aromatic rings. The smallest absolute Gasteiger partial charge is 0.250 e. The average molecular weight is 404 g/mol. The second-order valence-corrected chi connectivity index (χ2v) is 8.43. The molecule has 29 heavy (non-hydrogen) atoms. The fraction of sp³-hybridized carbons (Fsp3) is 0.130. The van der Waals surface area contributed by atoms with Crippen LogP contribution < -0.4 is 0 Å². The third kappa shape index (κ3) is 4.12. The van der Waals surface area contributed by atoms with Gasteiger partial charge in [-0.2, -0.15) is 13.5 Å². The largest absolute Gasteiger partial charge is 0.283 e. The van der Waals surface area contributed by atoms with Gasteiger partial charge in [0.15, 0.2) is 0 Å². The predicted molar refractivity (Wildman–Crippen MR) is 116 cm³/mol. The van der Waals surface area contributed by atoms with Crippen LogP contribution in [0.3, 0.4) is 0 Å². The maximum Gasteiger partial charge on any atom is 0.283 e. The molecule has 6 heteroatoms. The van der Waals surface area contributed by atoms with Crippen LogP contribution >= 0.6 is 0 Å². The summed E-state index contributed by atoms with van der Waals surface area (Å²) in [5, 5.41) is 6.43. The summed E-state index contributed by atoms with van der Waals surface area (Å²) in [6.45, 7) is 2.22. The fourth-order valence-corrected chi connectivity index (χ4v) is 4.44. The van der Waals surface area contributed by atoms with Gasteiger partial charge in [0.2, 0.25) is 0 Å². The van der Waals surface area contributed by atoms with E-state index in [1.807, 2.05) is 48.5 Å². The molecule has 0 fully saturated rings. The van der Waals surface area contributed by atoms with E-state index in [1.54, 1.807) is 42.3 Å². The lowest BCUT2D eigenvalue weighted by atomic mass is 9.91. The highest BCUT2D eigenvalue weighted by atomic mass is 32.2. The van der Waals surface area contributed by atoms with Crippen LogP contribution in [0.5, 0.6) is 0 Å². The van der Waals surface area contributed by atoms with Crippen molar-refractivity contribution in [2.75, 3.05) is 6.54 Å². The van der Waals surface area contributed by atoms with Gasteiger partial charge in [0.1, 0.15) is 5.84 Å². The summed E-state index contributed by atoms with van der Waals surface area (Å²) in [5.41, 5.74) is 3.06. The molecule has 0 saturated heterocycles. The van der Waals surface area contributed by atoms with E-state index < -0.39 is 10.0 Å². The van der Waals surface area contributed by atoms with Crippen LogP contribution in [0.25, 0.3) is 0 Å². The monoisotopic (exact) mass is 403 g/mol. The number of benzene rings is 3. The van der Waals surface area contributed by atoms with Gasteiger partial charge in [0.05, 0.1) is 17.2 Å². The van der Waals surface area contributed by atoms with Crippen molar-refractivity contribution in [2.24, 2.45) is 9.50 Å². The van der Waals surface area contributed by atoms with Crippen molar-refractivity contribution in [2.45, 2.75) is 17.7 Å². The quantitative estimate of drug-likeness (QED) is 0.482. The third-order valence-electron chi connectivity index (χ3n) is 4.85. The highest BCUT2D eigenvalue weighted by molar-refractivity contribution is 7.90. The van der Waals surface area contributed by atoms with Gasteiger partial charge < -0.3 is 0 Å². The number of nitrogens with zero attached hydrogens (tertiary/aromatic N) is 3. The Morgan fingerprint density at radius 1 is 0.897 bits per heavy atom. The van der Waals surface area contributed by atoms with Gasteiger partial charge in [0, 0.05) is 5.92 Å². The maximum atomic E-state index is 12.6. The average Bonchev–Trinajstić information content (AvgIpc) is 3.21. The van der Waals surface area contributed by atoms with Crippen LogP contribution in [0.15, 0.2) is 105 Å². The zero-order valence-corrected chi connectivity index (χ0v) is 16.8. The molecule has 3 aromatic carbocycles. The number of hydrogen-bond donors (Lipinski definition) is 0. The minimum Gasteiger partial charge on any atom is -0.250 e. The van der Waals surface area contributed by atoms with Crippen molar-refractivity contribution < 1.29 is 8.42 Å². The second kappa shape index (κ2) is 8.01. The number of hydrogen-bond acceptors (Lipinski definition) is 3. The van der Waals surface area contributed by atoms with Gasteiger partial charge >= 0.3 is 0 Å². The summed E-state index contributed by atoms with van der Waals surface area (Å²) in [5.74, 6) is 0.379. The first-order valence-electron chi connectivity index (χ1n) is 9.37. The summed E-state index contributed by atoms with van der Waals surface area (Å²) in [6, 6.07) is 28.3. The molecule has 0 saturated carbocycles. The van der Waals surface area contributed by atoms with Crippen molar-refractivity contribution in [1.82, 2.24) is 5.01 Å². The molecular weight excluding hydrogens is 382 g/mol.